The molecule has 4 rings (SSSR count). The number of hydrogen-bond acceptors (Lipinski definition) is 8. The van der Waals surface area contributed by atoms with Gasteiger partial charge in [0, 0.05) is 10.1 Å². The summed E-state index contributed by atoms with van der Waals surface area (Å²) in [6.45, 7) is 1.68. The van der Waals surface area contributed by atoms with Gasteiger partial charge in [0.1, 0.15) is 36.3 Å². The molecule has 10 heteroatoms. The smallest absolute Gasteiger partial charge is 0.329 e. The first-order valence-electron chi connectivity index (χ1n) is 11.9. The van der Waals surface area contributed by atoms with E-state index in [2.05, 4.69) is 0 Å². The van der Waals surface area contributed by atoms with Crippen molar-refractivity contribution in [3.63, 3.8) is 0 Å². The Hall–Kier alpha value is -3.70. The Bertz CT molecular complexity index is 1320. The number of ether oxygens (including phenoxy) is 5. The van der Waals surface area contributed by atoms with Crippen molar-refractivity contribution in [1.82, 2.24) is 0 Å². The number of phenols is 1. The lowest BCUT2D eigenvalue weighted by molar-refractivity contribution is -0.142. The van der Waals surface area contributed by atoms with Gasteiger partial charge in [0.2, 0.25) is 0 Å². The second kappa shape index (κ2) is 13.7. The molecule has 4 aromatic rings. The maximum Gasteiger partial charge on any atom is 0.329 e. The number of aliphatic carboxylic acids is 1. The van der Waals surface area contributed by atoms with Gasteiger partial charge in [0.05, 0.1) is 37.9 Å². The number of fused-ring (bicyclic) bond motifs is 1. The highest BCUT2D eigenvalue weighted by molar-refractivity contribution is 7.22. The van der Waals surface area contributed by atoms with Crippen LogP contribution < -0.4 is 9.47 Å². The maximum atomic E-state index is 13.5. The van der Waals surface area contributed by atoms with Crippen LogP contribution in [0.4, 0.5) is 4.39 Å². The molecule has 0 saturated carbocycles. The fourth-order valence-corrected chi connectivity index (χ4v) is 4.66. The van der Waals surface area contributed by atoms with E-state index < -0.39 is 5.97 Å². The lowest BCUT2D eigenvalue weighted by Crippen LogP contribution is -2.14. The van der Waals surface area contributed by atoms with Crippen molar-refractivity contribution in [3.8, 4) is 33.4 Å². The first-order valence-corrected chi connectivity index (χ1v) is 12.7. The molecule has 2 N–H and O–H groups in total. The van der Waals surface area contributed by atoms with E-state index in [1.54, 1.807) is 54.6 Å². The number of carbonyl (C=O) groups is 1. The van der Waals surface area contributed by atoms with E-state index in [1.165, 1.54) is 23.5 Å². The molecule has 0 unspecified atom stereocenters. The van der Waals surface area contributed by atoms with E-state index in [4.69, 9.17) is 28.8 Å². The molecule has 200 valence electrons. The summed E-state index contributed by atoms with van der Waals surface area (Å²) in [6, 6.07) is 18.5. The minimum atomic E-state index is -1.01. The van der Waals surface area contributed by atoms with E-state index in [0.29, 0.717) is 50.3 Å². The summed E-state index contributed by atoms with van der Waals surface area (Å²) in [4.78, 5) is 11.2. The summed E-state index contributed by atoms with van der Waals surface area (Å²) in [5.41, 5.74) is 0.818. The Labute approximate surface area is 222 Å². The van der Waals surface area contributed by atoms with Gasteiger partial charge in [-0.3, -0.25) is 0 Å². The summed E-state index contributed by atoms with van der Waals surface area (Å²) in [5, 5.41) is 19.2. The quantitative estimate of drug-likeness (QED) is 0.184. The number of carboxylic acids is 1. The van der Waals surface area contributed by atoms with Crippen LogP contribution in [0.25, 0.3) is 20.5 Å². The molecule has 1 heterocycles. The van der Waals surface area contributed by atoms with Crippen molar-refractivity contribution in [2.24, 2.45) is 0 Å². The Kier molecular flexibility index (Phi) is 9.88. The topological polar surface area (TPSA) is 104 Å². The number of hydrogen-bond donors (Lipinski definition) is 2. The third-order valence-corrected chi connectivity index (χ3v) is 6.43. The van der Waals surface area contributed by atoms with Gasteiger partial charge in [-0.05, 0) is 60.2 Å². The largest absolute Gasteiger partial charge is 0.508 e. The van der Waals surface area contributed by atoms with E-state index in [1.807, 2.05) is 0 Å². The van der Waals surface area contributed by atoms with Gasteiger partial charge in [0.25, 0.3) is 0 Å². The van der Waals surface area contributed by atoms with E-state index in [-0.39, 0.29) is 24.8 Å². The number of carboxylic acid groups (broad SMARTS) is 1. The van der Waals surface area contributed by atoms with E-state index in [9.17, 15) is 14.3 Å². The van der Waals surface area contributed by atoms with Gasteiger partial charge in [-0.25, -0.2) is 9.18 Å². The Morgan fingerprint density at radius 2 is 1.42 bits per heavy atom. The zero-order chi connectivity index (χ0) is 26.7. The summed E-state index contributed by atoms with van der Waals surface area (Å²) in [7, 11) is 0. The molecule has 3 aromatic carbocycles. The van der Waals surface area contributed by atoms with Gasteiger partial charge < -0.3 is 33.9 Å². The van der Waals surface area contributed by atoms with Gasteiger partial charge >= 0.3 is 5.97 Å². The molecule has 1 aromatic heterocycles. The zero-order valence-corrected chi connectivity index (χ0v) is 21.2. The van der Waals surface area contributed by atoms with Crippen molar-refractivity contribution in [2.45, 2.75) is 0 Å². The lowest BCUT2D eigenvalue weighted by atomic mass is 10.1. The van der Waals surface area contributed by atoms with Crippen LogP contribution in [0.3, 0.4) is 0 Å². The maximum absolute atomic E-state index is 13.5. The average molecular weight is 543 g/mol. The summed E-state index contributed by atoms with van der Waals surface area (Å²) in [5.74, 6) is 0.737. The fraction of sp³-hybridized carbons (Fsp3) is 0.250. The first-order chi connectivity index (χ1) is 18.5. The lowest BCUT2D eigenvalue weighted by Gasteiger charge is -2.10. The van der Waals surface area contributed by atoms with Crippen LogP contribution in [0.1, 0.15) is 0 Å². The second-order valence-electron chi connectivity index (χ2n) is 8.04. The molecule has 0 amide bonds. The molecule has 0 atom stereocenters. The van der Waals surface area contributed by atoms with E-state index >= 15 is 0 Å². The Morgan fingerprint density at radius 3 is 2.11 bits per heavy atom. The number of thiophene rings is 1. The van der Waals surface area contributed by atoms with Crippen molar-refractivity contribution >= 4 is 27.4 Å². The molecular weight excluding hydrogens is 515 g/mol. The molecule has 38 heavy (non-hydrogen) atoms. The molecule has 0 spiro atoms. The standard InChI is InChI=1S/C28H27FO8S/c29-20-3-1-19(2-4-20)28-27(24-10-5-21(30)17-25(24)38-28)37-23-8-6-22(7-9-23)36-16-15-34-12-11-33-13-14-35-18-26(31)32/h1-10,17,30H,11-16,18H2,(H,31,32). The highest BCUT2D eigenvalue weighted by Crippen LogP contribution is 2.47. The molecule has 0 aliphatic rings. The average Bonchev–Trinajstić information content (AvgIpc) is 3.25. The van der Waals surface area contributed by atoms with Gasteiger partial charge in [-0.2, -0.15) is 0 Å². The molecule has 0 aliphatic heterocycles. The van der Waals surface area contributed by atoms with Gasteiger partial charge in [-0.15, -0.1) is 11.3 Å². The highest BCUT2D eigenvalue weighted by Gasteiger charge is 2.17. The predicted octanol–water partition coefficient (Wildman–Crippen LogP) is 5.72. The normalized spacial score (nSPS) is 11.1. The van der Waals surface area contributed by atoms with Gasteiger partial charge in [-0.1, -0.05) is 12.1 Å². The number of phenolic OH excluding ortho intramolecular Hbond substituents is 1. The fourth-order valence-electron chi connectivity index (χ4n) is 3.49. The molecular formula is C28H27FO8S. The molecule has 0 radical (unpaired) electrons. The number of aromatic hydroxyl groups is 1. The minimum absolute atomic E-state index is 0.163. The third-order valence-electron chi connectivity index (χ3n) is 5.24. The third kappa shape index (κ3) is 7.90. The molecule has 0 saturated heterocycles. The Morgan fingerprint density at radius 1 is 0.789 bits per heavy atom. The zero-order valence-electron chi connectivity index (χ0n) is 20.4. The van der Waals surface area contributed by atoms with Crippen LogP contribution in [0, 0.1) is 5.82 Å². The van der Waals surface area contributed by atoms with Crippen molar-refractivity contribution in [2.75, 3.05) is 46.2 Å². The summed E-state index contributed by atoms with van der Waals surface area (Å²) in [6.07, 6.45) is 0. The SMILES string of the molecule is O=C(O)COCCOCCOCCOc1ccc(Oc2c(-c3ccc(F)cc3)sc3cc(O)ccc23)cc1. The van der Waals surface area contributed by atoms with Crippen LogP contribution in [-0.4, -0.2) is 62.4 Å². The predicted molar refractivity (Wildman–Crippen MR) is 141 cm³/mol. The van der Waals surface area contributed by atoms with Crippen LogP contribution in [0.5, 0.6) is 23.0 Å². The van der Waals surface area contributed by atoms with Gasteiger partial charge in [0.15, 0.2) is 5.75 Å². The van der Waals surface area contributed by atoms with Crippen molar-refractivity contribution in [1.29, 1.82) is 0 Å². The van der Waals surface area contributed by atoms with Crippen LogP contribution >= 0.6 is 11.3 Å². The van der Waals surface area contributed by atoms with Crippen molar-refractivity contribution in [3.05, 3.63) is 72.5 Å². The van der Waals surface area contributed by atoms with Crippen LogP contribution in [0.15, 0.2) is 66.7 Å². The van der Waals surface area contributed by atoms with E-state index in [0.717, 1.165) is 20.5 Å². The van der Waals surface area contributed by atoms with Crippen molar-refractivity contribution < 1.29 is 43.1 Å². The van der Waals surface area contributed by atoms with Crippen LogP contribution in [-0.2, 0) is 19.0 Å². The number of halogens is 1. The molecule has 0 aliphatic carbocycles. The summed E-state index contributed by atoms with van der Waals surface area (Å²) < 4.78 is 41.9. The minimum Gasteiger partial charge on any atom is -0.508 e. The number of benzene rings is 3. The monoisotopic (exact) mass is 542 g/mol. The first kappa shape index (κ1) is 27.3. The Balaban J connectivity index is 1.27. The highest BCUT2D eigenvalue weighted by atomic mass is 32.1. The molecule has 0 fully saturated rings. The summed E-state index contributed by atoms with van der Waals surface area (Å²) >= 11 is 1.46. The molecule has 8 nitrogen and oxygen atoms in total. The van der Waals surface area contributed by atoms with Crippen LogP contribution in [0.2, 0.25) is 0 Å². The number of rotatable bonds is 15. The second-order valence-corrected chi connectivity index (χ2v) is 9.09. The molecule has 0 bridgehead atoms.